The molecular formula is C19H17NO6S. The van der Waals surface area contributed by atoms with Gasteiger partial charge in [0, 0.05) is 12.0 Å². The number of hydrogen-bond donors (Lipinski definition) is 2. The zero-order valence-electron chi connectivity index (χ0n) is 14.4. The number of ketones is 1. The Balaban J connectivity index is 1.58. The first-order valence-electron chi connectivity index (χ1n) is 8.05. The number of aliphatic hydroxyl groups is 1. The molecule has 0 saturated carbocycles. The summed E-state index contributed by atoms with van der Waals surface area (Å²) >= 11 is 0.560. The van der Waals surface area contributed by atoms with Crippen LogP contribution >= 0.6 is 11.8 Å². The fraction of sp³-hybridized carbons (Fsp3) is 0.211. The summed E-state index contributed by atoms with van der Waals surface area (Å²) in [6.45, 7) is -0.136. The molecule has 0 radical (unpaired) electrons. The first kappa shape index (κ1) is 18.9. The molecule has 1 aliphatic rings. The predicted molar refractivity (Wildman–Crippen MR) is 99.0 cm³/mol. The third kappa shape index (κ3) is 4.47. The van der Waals surface area contributed by atoms with Crippen molar-refractivity contribution in [2.75, 3.05) is 13.7 Å². The summed E-state index contributed by atoms with van der Waals surface area (Å²) in [7, 11) is 1.53. The molecule has 0 spiro atoms. The zero-order chi connectivity index (χ0) is 19.4. The van der Waals surface area contributed by atoms with Crippen molar-refractivity contribution in [1.29, 1.82) is 0 Å². The second-order valence-corrected chi connectivity index (χ2v) is 7.14. The quantitative estimate of drug-likeness (QED) is 0.702. The number of carbonyl (C=O) groups excluding carboxylic acids is 3. The summed E-state index contributed by atoms with van der Waals surface area (Å²) in [4.78, 5) is 33.3. The maximum Gasteiger partial charge on any atom is 0.289 e. The average molecular weight is 387 g/mol. The second kappa shape index (κ2) is 7.81. The van der Waals surface area contributed by atoms with Gasteiger partial charge >= 0.3 is 0 Å². The minimum atomic E-state index is -1.80. The fourth-order valence-corrected chi connectivity index (χ4v) is 3.37. The first-order valence-corrected chi connectivity index (χ1v) is 8.87. The van der Waals surface area contributed by atoms with Gasteiger partial charge in [-0.15, -0.1) is 0 Å². The van der Waals surface area contributed by atoms with Crippen molar-refractivity contribution in [1.82, 2.24) is 5.32 Å². The van der Waals surface area contributed by atoms with Crippen molar-refractivity contribution in [3.8, 4) is 11.5 Å². The number of carbonyl (C=O) groups is 3. The lowest BCUT2D eigenvalue weighted by atomic mass is 10.1. The van der Waals surface area contributed by atoms with Crippen LogP contribution in [0.1, 0.15) is 15.9 Å². The minimum Gasteiger partial charge on any atom is -0.497 e. The highest BCUT2D eigenvalue weighted by molar-refractivity contribution is 8.15. The molecule has 2 aromatic rings. The van der Waals surface area contributed by atoms with Crippen molar-refractivity contribution in [2.45, 2.75) is 11.4 Å². The van der Waals surface area contributed by atoms with Crippen LogP contribution in [0.2, 0.25) is 0 Å². The van der Waals surface area contributed by atoms with Crippen LogP contribution < -0.4 is 14.8 Å². The van der Waals surface area contributed by atoms with E-state index in [-0.39, 0.29) is 18.8 Å². The van der Waals surface area contributed by atoms with Gasteiger partial charge in [-0.2, -0.15) is 0 Å². The number of thioether (sulfide) groups is 1. The largest absolute Gasteiger partial charge is 0.497 e. The summed E-state index contributed by atoms with van der Waals surface area (Å²) < 4.78 is 10.6. The normalized spacial score (nSPS) is 18.9. The number of hydrogen-bond acceptors (Lipinski definition) is 7. The van der Waals surface area contributed by atoms with Gasteiger partial charge in [0.05, 0.1) is 7.11 Å². The monoisotopic (exact) mass is 387 g/mol. The number of imide groups is 1. The van der Waals surface area contributed by atoms with Gasteiger partial charge < -0.3 is 14.6 Å². The van der Waals surface area contributed by atoms with Crippen LogP contribution in [0.3, 0.4) is 0 Å². The van der Waals surface area contributed by atoms with Gasteiger partial charge in [-0.3, -0.25) is 19.7 Å². The molecule has 0 aliphatic carbocycles. The van der Waals surface area contributed by atoms with E-state index in [1.807, 2.05) is 0 Å². The lowest BCUT2D eigenvalue weighted by molar-refractivity contribution is -0.129. The van der Waals surface area contributed by atoms with Crippen LogP contribution in [-0.2, 0) is 11.2 Å². The summed E-state index contributed by atoms with van der Waals surface area (Å²) in [6.07, 6.45) is -0.0156. The highest BCUT2D eigenvalue weighted by Gasteiger charge is 2.46. The van der Waals surface area contributed by atoms with Crippen LogP contribution in [0, 0.1) is 0 Å². The number of Topliss-reactive ketones (excluding diaryl/α,β-unsaturated/α-hetero) is 1. The molecule has 3 rings (SSSR count). The van der Waals surface area contributed by atoms with Gasteiger partial charge in [-0.1, -0.05) is 24.3 Å². The van der Waals surface area contributed by atoms with E-state index in [4.69, 9.17) is 9.47 Å². The summed E-state index contributed by atoms with van der Waals surface area (Å²) in [5.41, 5.74) is 1.14. The van der Waals surface area contributed by atoms with Crippen molar-refractivity contribution < 1.29 is 29.0 Å². The van der Waals surface area contributed by atoms with E-state index in [0.29, 0.717) is 34.4 Å². The van der Waals surface area contributed by atoms with Gasteiger partial charge in [-0.25, -0.2) is 0 Å². The third-order valence-corrected chi connectivity index (χ3v) is 4.92. The molecule has 1 unspecified atom stereocenters. The predicted octanol–water partition coefficient (Wildman–Crippen LogP) is 2.17. The standard InChI is InChI=1S/C19H17NO6S/c1-25-15-4-2-3-13(9-15)16(21)11-26-14-7-5-12(6-8-14)10-19(24)17(22)20-18(23)27-19/h2-9,24H,10-11H2,1H3,(H,20,22,23). The number of rotatable bonds is 7. The Morgan fingerprint density at radius 1 is 1.15 bits per heavy atom. The van der Waals surface area contributed by atoms with Crippen LogP contribution in [0.4, 0.5) is 4.79 Å². The molecule has 2 aromatic carbocycles. The molecular weight excluding hydrogens is 370 g/mol. The smallest absolute Gasteiger partial charge is 0.289 e. The van der Waals surface area contributed by atoms with E-state index in [0.717, 1.165) is 0 Å². The Kier molecular flexibility index (Phi) is 5.48. The van der Waals surface area contributed by atoms with E-state index in [9.17, 15) is 19.5 Å². The number of methoxy groups -OCH3 is 1. The topological polar surface area (TPSA) is 102 Å². The minimum absolute atomic E-state index is 0.0156. The van der Waals surface area contributed by atoms with Crippen molar-refractivity contribution in [2.24, 2.45) is 0 Å². The molecule has 1 heterocycles. The maximum absolute atomic E-state index is 12.2. The van der Waals surface area contributed by atoms with Crippen molar-refractivity contribution in [3.63, 3.8) is 0 Å². The van der Waals surface area contributed by atoms with Gasteiger partial charge in [-0.05, 0) is 41.6 Å². The molecule has 7 nitrogen and oxygen atoms in total. The van der Waals surface area contributed by atoms with E-state index in [1.54, 1.807) is 48.5 Å². The number of nitrogens with one attached hydrogen (secondary N) is 1. The number of ether oxygens (including phenoxy) is 2. The van der Waals surface area contributed by atoms with E-state index >= 15 is 0 Å². The SMILES string of the molecule is COc1cccc(C(=O)COc2ccc(CC3(O)SC(=O)NC3=O)cc2)c1. The van der Waals surface area contributed by atoms with E-state index in [1.165, 1.54) is 7.11 Å². The number of benzene rings is 2. The van der Waals surface area contributed by atoms with Crippen molar-refractivity contribution in [3.05, 3.63) is 59.7 Å². The Labute approximate surface area is 159 Å². The summed E-state index contributed by atoms with van der Waals surface area (Å²) in [5.74, 6) is 0.156. The molecule has 1 fully saturated rings. The van der Waals surface area contributed by atoms with Crippen LogP contribution in [0.5, 0.6) is 11.5 Å². The van der Waals surface area contributed by atoms with Crippen LogP contribution in [-0.4, -0.2) is 40.7 Å². The van der Waals surface area contributed by atoms with Crippen LogP contribution in [0.15, 0.2) is 48.5 Å². The molecule has 1 aliphatic heterocycles. The fourth-order valence-electron chi connectivity index (χ4n) is 2.54. The van der Waals surface area contributed by atoms with Gasteiger partial charge in [0.2, 0.25) is 4.93 Å². The number of amides is 2. The Morgan fingerprint density at radius 2 is 1.89 bits per heavy atom. The van der Waals surface area contributed by atoms with E-state index < -0.39 is 16.1 Å². The van der Waals surface area contributed by atoms with Gasteiger partial charge in [0.1, 0.15) is 11.5 Å². The van der Waals surface area contributed by atoms with E-state index in [2.05, 4.69) is 5.32 Å². The second-order valence-electron chi connectivity index (χ2n) is 5.89. The third-order valence-electron chi connectivity index (χ3n) is 3.96. The molecule has 2 N–H and O–H groups in total. The average Bonchev–Trinajstić information content (AvgIpc) is 2.92. The van der Waals surface area contributed by atoms with Gasteiger partial charge in [0.25, 0.3) is 11.1 Å². The maximum atomic E-state index is 12.2. The molecule has 0 aromatic heterocycles. The molecule has 2 amide bonds. The highest BCUT2D eigenvalue weighted by atomic mass is 32.2. The lowest BCUT2D eigenvalue weighted by Gasteiger charge is -2.17. The lowest BCUT2D eigenvalue weighted by Crippen LogP contribution is -2.38. The molecule has 140 valence electrons. The Morgan fingerprint density at radius 3 is 2.52 bits per heavy atom. The zero-order valence-corrected chi connectivity index (χ0v) is 15.2. The molecule has 1 saturated heterocycles. The Bertz CT molecular complexity index is 882. The summed E-state index contributed by atoms with van der Waals surface area (Å²) in [6, 6.07) is 13.4. The van der Waals surface area contributed by atoms with Crippen LogP contribution in [0.25, 0.3) is 0 Å². The highest BCUT2D eigenvalue weighted by Crippen LogP contribution is 2.32. The summed E-state index contributed by atoms with van der Waals surface area (Å²) in [5, 5.41) is 11.7. The molecule has 8 heteroatoms. The Hall–Kier alpha value is -2.84. The molecule has 27 heavy (non-hydrogen) atoms. The molecule has 0 bridgehead atoms. The molecule has 1 atom stereocenters. The first-order chi connectivity index (χ1) is 12.9. The van der Waals surface area contributed by atoms with Crippen molar-refractivity contribution >= 4 is 28.7 Å². The van der Waals surface area contributed by atoms with Gasteiger partial charge in [0.15, 0.2) is 12.4 Å².